The van der Waals surface area contributed by atoms with Crippen molar-refractivity contribution < 1.29 is 21.6 Å². The normalized spacial score (nSPS) is 12.9. The third-order valence-corrected chi connectivity index (χ3v) is 11.2. The maximum atomic E-state index is 13.3. The van der Waals surface area contributed by atoms with E-state index in [4.69, 9.17) is 4.74 Å². The third-order valence-electron chi connectivity index (χ3n) is 5.67. The second-order valence-electron chi connectivity index (χ2n) is 9.59. The topological polar surface area (TPSA) is 128 Å². The van der Waals surface area contributed by atoms with Gasteiger partial charge in [0.25, 0.3) is 0 Å². The molecule has 192 valence electrons. The molecule has 0 aliphatic rings. The molecule has 2 aromatic carbocycles. The maximum Gasteiger partial charge on any atom is 0.227 e. The van der Waals surface area contributed by atoms with Gasteiger partial charge >= 0.3 is 0 Å². The van der Waals surface area contributed by atoms with E-state index in [2.05, 4.69) is 20.3 Å². The predicted octanol–water partition coefficient (Wildman–Crippen LogP) is 4.76. The van der Waals surface area contributed by atoms with Crippen LogP contribution in [0.2, 0.25) is 0 Å². The van der Waals surface area contributed by atoms with Gasteiger partial charge in [0.05, 0.1) is 37.0 Å². The van der Waals surface area contributed by atoms with Gasteiger partial charge in [-0.15, -0.1) is 11.3 Å². The molecule has 0 bridgehead atoms. The lowest BCUT2D eigenvalue weighted by atomic mass is 10.2. The number of rotatable bonds is 8. The van der Waals surface area contributed by atoms with Crippen LogP contribution in [0.5, 0.6) is 5.75 Å². The highest BCUT2D eigenvalue weighted by Gasteiger charge is 2.34. The molecule has 4 rings (SSSR count). The SMILES string of the molecule is CC(C)S(=O)(=O)CCOc1cc2nc(Nc3ccc4scnc4c3)ncc2cc1S(=O)(=O)C(C)(C)C. The molecule has 0 amide bonds. The Kier molecular flexibility index (Phi) is 6.97. The number of fused-ring (bicyclic) bond motifs is 2. The minimum absolute atomic E-state index is 0.0252. The van der Waals surface area contributed by atoms with E-state index >= 15 is 0 Å². The second-order valence-corrected chi connectivity index (χ2v) is 15.8. The minimum atomic E-state index is -3.81. The Labute approximate surface area is 214 Å². The lowest BCUT2D eigenvalue weighted by molar-refractivity contribution is 0.331. The van der Waals surface area contributed by atoms with Gasteiger partial charge < -0.3 is 10.1 Å². The molecule has 0 aliphatic carbocycles. The molecule has 0 saturated heterocycles. The van der Waals surface area contributed by atoms with Gasteiger partial charge in [0, 0.05) is 23.3 Å². The smallest absolute Gasteiger partial charge is 0.227 e. The van der Waals surface area contributed by atoms with Gasteiger partial charge in [-0.3, -0.25) is 0 Å². The molecule has 0 radical (unpaired) electrons. The summed E-state index contributed by atoms with van der Waals surface area (Å²) in [4.78, 5) is 13.2. The lowest BCUT2D eigenvalue weighted by Crippen LogP contribution is -2.29. The summed E-state index contributed by atoms with van der Waals surface area (Å²) in [5, 5.41) is 3.11. The molecule has 0 atom stereocenters. The van der Waals surface area contributed by atoms with Crippen molar-refractivity contribution in [3.05, 3.63) is 42.0 Å². The number of ether oxygens (including phenoxy) is 1. The van der Waals surface area contributed by atoms with Crippen molar-refractivity contribution in [1.82, 2.24) is 15.0 Å². The Morgan fingerprint density at radius 2 is 1.78 bits per heavy atom. The third kappa shape index (κ3) is 5.30. The van der Waals surface area contributed by atoms with E-state index in [9.17, 15) is 16.8 Å². The average molecular weight is 549 g/mol. The number of benzene rings is 2. The molecular weight excluding hydrogens is 520 g/mol. The van der Waals surface area contributed by atoms with Crippen LogP contribution in [0, 0.1) is 0 Å². The molecule has 9 nitrogen and oxygen atoms in total. The molecule has 36 heavy (non-hydrogen) atoms. The summed E-state index contributed by atoms with van der Waals surface area (Å²) in [6.45, 7) is 7.81. The van der Waals surface area contributed by atoms with Crippen LogP contribution in [0.4, 0.5) is 11.6 Å². The van der Waals surface area contributed by atoms with Crippen LogP contribution in [0.1, 0.15) is 34.6 Å². The van der Waals surface area contributed by atoms with Crippen molar-refractivity contribution in [2.24, 2.45) is 0 Å². The zero-order valence-electron chi connectivity index (χ0n) is 20.6. The summed E-state index contributed by atoms with van der Waals surface area (Å²) in [5.41, 5.74) is 3.85. The Bertz CT molecular complexity index is 1640. The fraction of sp³-hybridized carbons (Fsp3) is 0.375. The summed E-state index contributed by atoms with van der Waals surface area (Å²) in [5.74, 6) is 0.148. The number of sulfone groups is 2. The van der Waals surface area contributed by atoms with E-state index in [0.717, 1.165) is 15.9 Å². The minimum Gasteiger partial charge on any atom is -0.491 e. The first-order valence-corrected chi connectivity index (χ1v) is 15.4. The molecule has 2 aromatic heterocycles. The quantitative estimate of drug-likeness (QED) is 0.331. The first kappa shape index (κ1) is 26.2. The summed E-state index contributed by atoms with van der Waals surface area (Å²) < 4.78 is 56.8. The second kappa shape index (κ2) is 9.56. The van der Waals surface area contributed by atoms with E-state index in [1.54, 1.807) is 57.7 Å². The van der Waals surface area contributed by atoms with Crippen LogP contribution >= 0.6 is 11.3 Å². The van der Waals surface area contributed by atoms with Gasteiger partial charge in [0.2, 0.25) is 5.95 Å². The lowest BCUT2D eigenvalue weighted by Gasteiger charge is -2.22. The average Bonchev–Trinajstić information content (AvgIpc) is 3.25. The highest BCUT2D eigenvalue weighted by molar-refractivity contribution is 7.93. The van der Waals surface area contributed by atoms with Crippen molar-refractivity contribution in [2.45, 2.75) is 49.5 Å². The van der Waals surface area contributed by atoms with Crippen molar-refractivity contribution in [3.63, 3.8) is 0 Å². The van der Waals surface area contributed by atoms with Crippen LogP contribution < -0.4 is 10.1 Å². The van der Waals surface area contributed by atoms with Gasteiger partial charge in [-0.25, -0.2) is 31.8 Å². The standard InChI is InChI=1S/C24H28N4O5S3/c1-15(2)35(29,30)9-8-33-20-12-18-16(10-22(20)36(31,32)24(3,4)5)13-25-23(28-18)27-17-6-7-21-19(11-17)26-14-34-21/h6-7,10-15H,8-9H2,1-5H3,(H,25,27,28). The van der Waals surface area contributed by atoms with Gasteiger partial charge in [-0.05, 0) is 58.9 Å². The van der Waals surface area contributed by atoms with E-state index < -0.39 is 29.7 Å². The van der Waals surface area contributed by atoms with Crippen molar-refractivity contribution in [1.29, 1.82) is 0 Å². The van der Waals surface area contributed by atoms with Gasteiger partial charge in [0.1, 0.15) is 17.3 Å². The first-order chi connectivity index (χ1) is 16.8. The summed E-state index contributed by atoms with van der Waals surface area (Å²) in [7, 11) is -7.16. The summed E-state index contributed by atoms with van der Waals surface area (Å²) in [6.07, 6.45) is 1.54. The fourth-order valence-corrected chi connectivity index (χ4v) is 6.09. The van der Waals surface area contributed by atoms with Gasteiger partial charge in [-0.2, -0.15) is 0 Å². The largest absolute Gasteiger partial charge is 0.491 e. The number of aromatic nitrogens is 3. The number of hydrogen-bond donors (Lipinski definition) is 1. The molecule has 2 heterocycles. The van der Waals surface area contributed by atoms with Crippen LogP contribution in [-0.2, 0) is 19.7 Å². The van der Waals surface area contributed by atoms with E-state index in [0.29, 0.717) is 16.9 Å². The predicted molar refractivity (Wildman–Crippen MR) is 144 cm³/mol. The van der Waals surface area contributed by atoms with E-state index in [1.807, 2.05) is 18.2 Å². The van der Waals surface area contributed by atoms with E-state index in [-0.39, 0.29) is 23.0 Å². The van der Waals surface area contributed by atoms with Crippen LogP contribution in [0.15, 0.2) is 46.9 Å². The zero-order valence-corrected chi connectivity index (χ0v) is 23.1. The van der Waals surface area contributed by atoms with E-state index in [1.165, 1.54) is 12.1 Å². The molecule has 0 spiro atoms. The molecule has 4 aromatic rings. The number of thiazole rings is 1. The van der Waals surface area contributed by atoms with Crippen molar-refractivity contribution >= 4 is 63.8 Å². The molecule has 0 fully saturated rings. The number of nitrogens with zero attached hydrogens (tertiary/aromatic N) is 3. The van der Waals surface area contributed by atoms with Crippen LogP contribution in [-0.4, -0.2) is 54.1 Å². The fourth-order valence-electron chi connectivity index (χ4n) is 3.32. The number of hydrogen-bond acceptors (Lipinski definition) is 10. The highest BCUT2D eigenvalue weighted by atomic mass is 32.2. The molecule has 0 saturated carbocycles. The van der Waals surface area contributed by atoms with Crippen molar-refractivity contribution in [3.8, 4) is 5.75 Å². The molecule has 0 unspecified atom stereocenters. The molecule has 1 N–H and O–H groups in total. The van der Waals surface area contributed by atoms with Crippen LogP contribution in [0.25, 0.3) is 21.1 Å². The van der Waals surface area contributed by atoms with Gasteiger partial charge in [-0.1, -0.05) is 0 Å². The highest BCUT2D eigenvalue weighted by Crippen LogP contribution is 2.35. The summed E-state index contributed by atoms with van der Waals surface area (Å²) in [6, 6.07) is 8.75. The summed E-state index contributed by atoms with van der Waals surface area (Å²) >= 11 is 1.55. The molecule has 12 heteroatoms. The number of anilines is 2. The maximum absolute atomic E-state index is 13.3. The van der Waals surface area contributed by atoms with Gasteiger partial charge in [0.15, 0.2) is 19.7 Å². The Balaban J connectivity index is 1.72. The van der Waals surface area contributed by atoms with Crippen molar-refractivity contribution in [2.75, 3.05) is 17.7 Å². The zero-order chi connectivity index (χ0) is 26.3. The molecular formula is C24H28N4O5S3. The Hall–Kier alpha value is -2.83. The molecule has 0 aliphatic heterocycles. The Morgan fingerprint density at radius 1 is 1.03 bits per heavy atom. The Morgan fingerprint density at radius 3 is 2.47 bits per heavy atom. The number of nitrogens with one attached hydrogen (secondary N) is 1. The van der Waals surface area contributed by atoms with Crippen LogP contribution in [0.3, 0.4) is 0 Å². The monoisotopic (exact) mass is 548 g/mol. The first-order valence-electron chi connectivity index (χ1n) is 11.3.